The van der Waals surface area contributed by atoms with Gasteiger partial charge in [-0.2, -0.15) is 10.2 Å². The van der Waals surface area contributed by atoms with Crippen LogP contribution in [0.1, 0.15) is 52.4 Å². The minimum Gasteiger partial charge on any atom is -0.382 e. The summed E-state index contributed by atoms with van der Waals surface area (Å²) < 4.78 is 16.0. The van der Waals surface area contributed by atoms with Crippen LogP contribution >= 0.6 is 0 Å². The second kappa shape index (κ2) is 8.98. The van der Waals surface area contributed by atoms with Crippen LogP contribution in [0.3, 0.4) is 0 Å². The van der Waals surface area contributed by atoms with Crippen molar-refractivity contribution in [1.82, 2.24) is 25.3 Å². The fraction of sp³-hybridized carbons (Fsp3) is 0.308. The number of carbonyl (C=O) groups excluding carboxylic acids is 1. The number of benzene rings is 2. The highest BCUT2D eigenvalue weighted by molar-refractivity contribution is 5.99. The van der Waals surface area contributed by atoms with Crippen LogP contribution in [0.5, 0.6) is 0 Å². The maximum Gasteiger partial charge on any atom is 0.290 e. The highest BCUT2D eigenvalue weighted by Crippen LogP contribution is 2.37. The van der Waals surface area contributed by atoms with Gasteiger partial charge >= 0.3 is 0 Å². The van der Waals surface area contributed by atoms with E-state index in [1.54, 1.807) is 0 Å². The van der Waals surface area contributed by atoms with E-state index in [0.29, 0.717) is 36.0 Å². The van der Waals surface area contributed by atoms with Crippen LogP contribution in [0.2, 0.25) is 0 Å². The number of aromatic nitrogens is 4. The summed E-state index contributed by atoms with van der Waals surface area (Å²) in [6.45, 7) is 4.22. The van der Waals surface area contributed by atoms with E-state index >= 15 is 0 Å². The maximum atomic E-state index is 14.6. The molecule has 180 valence electrons. The zero-order valence-electron chi connectivity index (χ0n) is 19.6. The summed E-state index contributed by atoms with van der Waals surface area (Å²) in [5.74, 6) is 0.00884. The number of nitrogens with zero attached hydrogens (tertiary/aromatic N) is 3. The summed E-state index contributed by atoms with van der Waals surface area (Å²) >= 11 is 0. The number of nitrogen functional groups attached to an aromatic ring is 1. The monoisotopic (exact) mass is 474 g/mol. The smallest absolute Gasteiger partial charge is 0.290 e. The minimum absolute atomic E-state index is 0.129. The molecule has 0 saturated heterocycles. The molecule has 0 aliphatic heterocycles. The van der Waals surface area contributed by atoms with Crippen LogP contribution in [-0.2, 0) is 6.54 Å². The predicted octanol–water partition coefficient (Wildman–Crippen LogP) is 3.98. The number of hydrogen-bond acceptors (Lipinski definition) is 5. The Morgan fingerprint density at radius 3 is 2.69 bits per heavy atom. The van der Waals surface area contributed by atoms with E-state index in [0.717, 1.165) is 28.7 Å². The normalized spacial score (nSPS) is 17.7. The zero-order chi connectivity index (χ0) is 24.7. The molecule has 1 aliphatic rings. The quantitative estimate of drug-likeness (QED) is 0.404. The Kier molecular flexibility index (Phi) is 5.84. The average molecular weight is 475 g/mol. The standard InChI is InChI=1S/C26H27FN6O2/c1-14-6-7-15(2)18(12-14)25(34)29-13-16-8-10-17(11-9-16)22-21-23(26(35)31-30-24(21)28)33(32-22)20-5-3-4-19(20)27/h6-12,19-20H,3-5,13H2,1-2H3,(H2,28,30)(H,29,34)(H,31,35)/t19-,20-/m0/s1. The molecular weight excluding hydrogens is 447 g/mol. The van der Waals surface area contributed by atoms with Gasteiger partial charge in [-0.25, -0.2) is 9.49 Å². The molecule has 1 aliphatic carbocycles. The number of rotatable bonds is 5. The van der Waals surface area contributed by atoms with Crippen molar-refractivity contribution < 1.29 is 9.18 Å². The third-order valence-corrected chi connectivity index (χ3v) is 6.69. The first-order valence-corrected chi connectivity index (χ1v) is 11.7. The van der Waals surface area contributed by atoms with Gasteiger partial charge < -0.3 is 11.1 Å². The van der Waals surface area contributed by atoms with Gasteiger partial charge in [-0.05, 0) is 50.3 Å². The number of fused-ring (bicyclic) bond motifs is 1. The molecule has 1 saturated carbocycles. The number of nitrogens with one attached hydrogen (secondary N) is 2. The SMILES string of the molecule is Cc1ccc(C)c(C(=O)NCc2ccc(-c3nn([C@H]4CCC[C@@H]4F)c4c(=O)[nH]nc(N)c34)cc2)c1. The molecule has 1 fully saturated rings. The van der Waals surface area contributed by atoms with Gasteiger partial charge in [-0.3, -0.25) is 14.3 Å². The number of hydrogen-bond donors (Lipinski definition) is 3. The lowest BCUT2D eigenvalue weighted by Crippen LogP contribution is -2.23. The second-order valence-corrected chi connectivity index (χ2v) is 9.17. The van der Waals surface area contributed by atoms with Crippen LogP contribution in [0.15, 0.2) is 47.3 Å². The van der Waals surface area contributed by atoms with Crippen LogP contribution in [0.25, 0.3) is 22.2 Å². The number of nitrogens with two attached hydrogens (primary N) is 1. The Balaban J connectivity index is 1.43. The summed E-state index contributed by atoms with van der Waals surface area (Å²) in [6.07, 6.45) is 0.729. The lowest BCUT2D eigenvalue weighted by Gasteiger charge is -2.13. The maximum absolute atomic E-state index is 14.6. The lowest BCUT2D eigenvalue weighted by atomic mass is 10.0. The highest BCUT2D eigenvalue weighted by atomic mass is 19.1. The summed E-state index contributed by atoms with van der Waals surface area (Å²) in [5, 5.41) is 14.3. The highest BCUT2D eigenvalue weighted by Gasteiger charge is 2.32. The van der Waals surface area contributed by atoms with Crippen LogP contribution in [0.4, 0.5) is 10.2 Å². The Morgan fingerprint density at radius 1 is 1.20 bits per heavy atom. The Bertz CT molecular complexity index is 1470. The lowest BCUT2D eigenvalue weighted by molar-refractivity contribution is 0.0950. The third kappa shape index (κ3) is 4.18. The van der Waals surface area contributed by atoms with E-state index in [-0.39, 0.29) is 17.2 Å². The average Bonchev–Trinajstić information content (AvgIpc) is 3.46. The minimum atomic E-state index is -1.07. The van der Waals surface area contributed by atoms with Crippen LogP contribution in [0, 0.1) is 13.8 Å². The number of amides is 1. The molecule has 5 rings (SSSR count). The van der Waals surface area contributed by atoms with Gasteiger partial charge in [0, 0.05) is 17.7 Å². The molecule has 8 nitrogen and oxygen atoms in total. The summed E-state index contributed by atoms with van der Waals surface area (Å²) in [5.41, 5.74) is 10.6. The molecule has 2 heterocycles. The first-order valence-electron chi connectivity index (χ1n) is 11.7. The van der Waals surface area contributed by atoms with E-state index in [1.165, 1.54) is 4.68 Å². The van der Waals surface area contributed by atoms with E-state index in [2.05, 4.69) is 20.6 Å². The van der Waals surface area contributed by atoms with E-state index in [9.17, 15) is 14.0 Å². The summed E-state index contributed by atoms with van der Waals surface area (Å²) in [7, 11) is 0. The number of halogens is 1. The van der Waals surface area contributed by atoms with Gasteiger partial charge in [0.05, 0.1) is 11.4 Å². The Morgan fingerprint density at radius 2 is 1.97 bits per heavy atom. The Labute approximate surface area is 201 Å². The molecule has 9 heteroatoms. The molecule has 0 spiro atoms. The van der Waals surface area contributed by atoms with Crippen LogP contribution in [-0.4, -0.2) is 32.1 Å². The molecule has 1 amide bonds. The molecule has 0 radical (unpaired) electrons. The first-order chi connectivity index (χ1) is 16.8. The first kappa shape index (κ1) is 22.8. The van der Waals surface area contributed by atoms with Gasteiger partial charge in [0.15, 0.2) is 5.82 Å². The molecule has 35 heavy (non-hydrogen) atoms. The van der Waals surface area contributed by atoms with Crippen molar-refractivity contribution in [2.75, 3.05) is 5.73 Å². The number of aryl methyl sites for hydroxylation is 2. The predicted molar refractivity (Wildman–Crippen MR) is 133 cm³/mol. The number of H-pyrrole nitrogens is 1. The Hall–Kier alpha value is -4.01. The van der Waals surface area contributed by atoms with E-state index in [1.807, 2.05) is 56.3 Å². The van der Waals surface area contributed by atoms with Gasteiger partial charge in [0.25, 0.3) is 11.5 Å². The second-order valence-electron chi connectivity index (χ2n) is 9.17. The molecular formula is C26H27FN6O2. The van der Waals surface area contributed by atoms with Gasteiger partial charge in [0.1, 0.15) is 17.4 Å². The van der Waals surface area contributed by atoms with Crippen molar-refractivity contribution in [1.29, 1.82) is 0 Å². The van der Waals surface area contributed by atoms with Crippen LogP contribution < -0.4 is 16.6 Å². The molecule has 2 atom stereocenters. The zero-order valence-corrected chi connectivity index (χ0v) is 19.6. The van der Waals surface area contributed by atoms with Crippen molar-refractivity contribution >= 4 is 22.6 Å². The molecule has 4 aromatic rings. The topological polar surface area (TPSA) is 119 Å². The number of aromatic amines is 1. The fourth-order valence-electron chi connectivity index (χ4n) is 4.77. The van der Waals surface area contributed by atoms with Gasteiger partial charge in [0.2, 0.25) is 0 Å². The summed E-state index contributed by atoms with van der Waals surface area (Å²) in [6, 6.07) is 12.8. The molecule has 2 aromatic heterocycles. The van der Waals surface area contributed by atoms with Crippen molar-refractivity contribution in [3.8, 4) is 11.3 Å². The molecule has 2 aromatic carbocycles. The molecule has 4 N–H and O–H groups in total. The van der Waals surface area contributed by atoms with E-state index < -0.39 is 17.8 Å². The van der Waals surface area contributed by atoms with Crippen molar-refractivity contribution in [3.63, 3.8) is 0 Å². The number of anilines is 1. The van der Waals surface area contributed by atoms with Crippen molar-refractivity contribution in [2.24, 2.45) is 0 Å². The van der Waals surface area contributed by atoms with E-state index in [4.69, 9.17) is 5.73 Å². The van der Waals surface area contributed by atoms with Gasteiger partial charge in [-0.15, -0.1) is 0 Å². The molecule has 0 unspecified atom stereocenters. The fourth-order valence-corrected chi connectivity index (χ4v) is 4.77. The van der Waals surface area contributed by atoms with Crippen molar-refractivity contribution in [2.45, 2.75) is 51.9 Å². The molecule has 0 bridgehead atoms. The number of carbonyl (C=O) groups is 1. The van der Waals surface area contributed by atoms with Crippen molar-refractivity contribution in [3.05, 3.63) is 75.1 Å². The van der Waals surface area contributed by atoms with Gasteiger partial charge in [-0.1, -0.05) is 42.0 Å². The largest absolute Gasteiger partial charge is 0.382 e. The number of alkyl halides is 1. The third-order valence-electron chi connectivity index (χ3n) is 6.69. The summed E-state index contributed by atoms with van der Waals surface area (Å²) in [4.78, 5) is 25.3.